The van der Waals surface area contributed by atoms with Crippen LogP contribution in [0.1, 0.15) is 29.6 Å². The van der Waals surface area contributed by atoms with E-state index in [1.54, 1.807) is 17.5 Å². The van der Waals surface area contributed by atoms with Crippen molar-refractivity contribution >= 4 is 52.6 Å². The highest BCUT2D eigenvalue weighted by Gasteiger charge is 2.44. The van der Waals surface area contributed by atoms with E-state index in [0.717, 1.165) is 16.8 Å². The third kappa shape index (κ3) is 4.95. The lowest BCUT2D eigenvalue weighted by atomic mass is 10.1. The van der Waals surface area contributed by atoms with Crippen LogP contribution in [0.2, 0.25) is 5.02 Å². The van der Waals surface area contributed by atoms with Crippen molar-refractivity contribution in [3.8, 4) is 0 Å². The molecule has 1 aliphatic heterocycles. The summed E-state index contributed by atoms with van der Waals surface area (Å²) in [6, 6.07) is 8.64. The molecule has 2 heterocycles. The monoisotopic (exact) mass is 497 g/mol. The zero-order chi connectivity index (χ0) is 22.7. The second-order valence-electron chi connectivity index (χ2n) is 7.16. The Bertz CT molecular complexity index is 1220. The maximum Gasteiger partial charge on any atom is 0.347 e. The molecule has 0 bridgehead atoms. The molecule has 10 heteroatoms. The van der Waals surface area contributed by atoms with E-state index in [9.17, 15) is 18.1 Å². The first-order valence-electron chi connectivity index (χ1n) is 9.85. The molecular formula is C22H19ClF2NO4PS. The molecule has 32 heavy (non-hydrogen) atoms. The van der Waals surface area contributed by atoms with Crippen LogP contribution in [0.15, 0.2) is 48.0 Å². The van der Waals surface area contributed by atoms with E-state index in [0.29, 0.717) is 34.4 Å². The molecule has 0 aliphatic carbocycles. The zero-order valence-corrected chi connectivity index (χ0v) is 19.2. The smallest absolute Gasteiger partial charge is 0.332 e. The van der Waals surface area contributed by atoms with Gasteiger partial charge in [0.05, 0.1) is 13.2 Å². The minimum atomic E-state index is -3.85. The molecule has 0 radical (unpaired) electrons. The van der Waals surface area contributed by atoms with Crippen LogP contribution in [0.3, 0.4) is 0 Å². The van der Waals surface area contributed by atoms with E-state index in [1.165, 1.54) is 29.7 Å². The molecule has 0 spiro atoms. The molecule has 4 rings (SSSR count). The van der Waals surface area contributed by atoms with Crippen LogP contribution in [0.5, 0.6) is 0 Å². The Morgan fingerprint density at radius 2 is 1.88 bits per heavy atom. The van der Waals surface area contributed by atoms with E-state index in [2.05, 4.69) is 5.32 Å². The Labute approximate surface area is 192 Å². The molecular weight excluding hydrogens is 479 g/mol. The van der Waals surface area contributed by atoms with Crippen molar-refractivity contribution in [1.82, 2.24) is 5.32 Å². The van der Waals surface area contributed by atoms with E-state index in [1.807, 2.05) is 6.07 Å². The zero-order valence-electron chi connectivity index (χ0n) is 16.7. The highest BCUT2D eigenvalue weighted by molar-refractivity contribution is 7.55. The Morgan fingerprint density at radius 1 is 1.12 bits per heavy atom. The van der Waals surface area contributed by atoms with Crippen molar-refractivity contribution in [3.05, 3.63) is 75.8 Å². The largest absolute Gasteiger partial charge is 0.347 e. The van der Waals surface area contributed by atoms with Gasteiger partial charge in [0.15, 0.2) is 17.3 Å². The summed E-state index contributed by atoms with van der Waals surface area (Å²) in [5.41, 5.74) is -0.374. The van der Waals surface area contributed by atoms with Gasteiger partial charge >= 0.3 is 7.60 Å². The van der Waals surface area contributed by atoms with Crippen molar-refractivity contribution in [2.75, 3.05) is 13.2 Å². The first-order valence-corrected chi connectivity index (χ1v) is 12.7. The first-order chi connectivity index (χ1) is 15.4. The number of rotatable bonds is 5. The van der Waals surface area contributed by atoms with Crippen LogP contribution in [0.25, 0.3) is 16.2 Å². The summed E-state index contributed by atoms with van der Waals surface area (Å²) in [7, 11) is -3.85. The van der Waals surface area contributed by atoms with Gasteiger partial charge < -0.3 is 14.4 Å². The van der Waals surface area contributed by atoms with Gasteiger partial charge in [-0.1, -0.05) is 17.7 Å². The molecule has 3 aromatic rings. The fourth-order valence-corrected chi connectivity index (χ4v) is 6.67. The SMILES string of the molecule is O=C(N/C=C/c1ccc(F)c(F)c1)C(c1csc2ccc(Cl)cc12)P1(=O)OCCCCO1. The number of carbonyl (C=O) groups is 1. The third-order valence-electron chi connectivity index (χ3n) is 4.95. The van der Waals surface area contributed by atoms with Gasteiger partial charge in [-0.3, -0.25) is 9.36 Å². The molecule has 1 fully saturated rings. The number of benzene rings is 2. The maximum atomic E-state index is 13.7. The summed E-state index contributed by atoms with van der Waals surface area (Å²) in [6.45, 7) is 0.434. The van der Waals surface area contributed by atoms with Crippen LogP contribution >= 0.6 is 30.5 Å². The number of hydrogen-bond donors (Lipinski definition) is 1. The fraction of sp³-hybridized carbons (Fsp3) is 0.227. The molecule has 1 saturated heterocycles. The van der Waals surface area contributed by atoms with E-state index in [4.69, 9.17) is 20.6 Å². The highest BCUT2D eigenvalue weighted by atomic mass is 35.5. The number of thiophene rings is 1. The fourth-order valence-electron chi connectivity index (χ4n) is 3.38. The van der Waals surface area contributed by atoms with Crippen LogP contribution in [-0.4, -0.2) is 19.1 Å². The van der Waals surface area contributed by atoms with Crippen LogP contribution in [-0.2, 0) is 18.4 Å². The number of halogens is 3. The molecule has 1 atom stereocenters. The summed E-state index contributed by atoms with van der Waals surface area (Å²) in [5.74, 6) is -2.56. The van der Waals surface area contributed by atoms with E-state index < -0.39 is 30.8 Å². The molecule has 1 N–H and O–H groups in total. The van der Waals surface area contributed by atoms with Crippen molar-refractivity contribution in [1.29, 1.82) is 0 Å². The second-order valence-corrected chi connectivity index (χ2v) is 10.6. The van der Waals surface area contributed by atoms with Crippen LogP contribution in [0.4, 0.5) is 8.78 Å². The standard InChI is InChI=1S/C22H19ClF2NO4PS/c23-15-4-6-20-16(12-15)17(13-32-20)21(31(28)29-9-1-2-10-30-31)22(27)26-8-7-14-3-5-18(24)19(25)11-14/h3-8,11-13,21H,1-2,9-10H2,(H,26,27)/b8-7+. The lowest BCUT2D eigenvalue weighted by molar-refractivity contribution is -0.120. The number of carbonyl (C=O) groups excluding carboxylic acids is 1. The minimum absolute atomic E-state index is 0.217. The number of fused-ring (bicyclic) bond motifs is 1. The Hall–Kier alpha value is -2.09. The molecule has 1 aromatic heterocycles. The first kappa shape index (κ1) is 23.1. The molecule has 5 nitrogen and oxygen atoms in total. The van der Waals surface area contributed by atoms with E-state index in [-0.39, 0.29) is 13.2 Å². The molecule has 1 aliphatic rings. The minimum Gasteiger partial charge on any atom is -0.332 e. The molecule has 2 aromatic carbocycles. The van der Waals surface area contributed by atoms with Gasteiger partial charge in [0.1, 0.15) is 0 Å². The van der Waals surface area contributed by atoms with Crippen molar-refractivity contribution in [2.24, 2.45) is 0 Å². The molecule has 1 amide bonds. The molecule has 1 unspecified atom stereocenters. The highest BCUT2D eigenvalue weighted by Crippen LogP contribution is 2.63. The summed E-state index contributed by atoms with van der Waals surface area (Å²) >= 11 is 7.55. The van der Waals surface area contributed by atoms with Crippen LogP contribution < -0.4 is 5.32 Å². The summed E-state index contributed by atoms with van der Waals surface area (Å²) in [5, 5.41) is 5.51. The quantitative estimate of drug-likeness (QED) is 0.399. The number of nitrogens with one attached hydrogen (secondary N) is 1. The van der Waals surface area contributed by atoms with Gasteiger partial charge in [0, 0.05) is 15.9 Å². The van der Waals surface area contributed by atoms with Crippen molar-refractivity contribution in [2.45, 2.75) is 18.5 Å². The predicted octanol–water partition coefficient (Wildman–Crippen LogP) is 6.68. The maximum absolute atomic E-state index is 13.7. The average Bonchev–Trinajstić information content (AvgIpc) is 3.02. The number of amides is 1. The Kier molecular flexibility index (Phi) is 7.08. The molecule has 0 saturated carbocycles. The average molecular weight is 498 g/mol. The van der Waals surface area contributed by atoms with Gasteiger partial charge in [-0.2, -0.15) is 0 Å². The van der Waals surface area contributed by atoms with Gasteiger partial charge in [-0.25, -0.2) is 8.78 Å². The van der Waals surface area contributed by atoms with Gasteiger partial charge in [-0.15, -0.1) is 11.3 Å². The Balaban J connectivity index is 1.67. The van der Waals surface area contributed by atoms with Crippen LogP contribution in [0, 0.1) is 11.6 Å². The topological polar surface area (TPSA) is 64.6 Å². The van der Waals surface area contributed by atoms with E-state index >= 15 is 0 Å². The Morgan fingerprint density at radius 3 is 2.59 bits per heavy atom. The predicted molar refractivity (Wildman–Crippen MR) is 122 cm³/mol. The number of hydrogen-bond acceptors (Lipinski definition) is 5. The second kappa shape index (κ2) is 9.81. The lowest BCUT2D eigenvalue weighted by Gasteiger charge is -2.24. The summed E-state index contributed by atoms with van der Waals surface area (Å²) in [4.78, 5) is 13.2. The summed E-state index contributed by atoms with van der Waals surface area (Å²) < 4.78 is 52.3. The van der Waals surface area contributed by atoms with Gasteiger partial charge in [-0.05, 0) is 71.1 Å². The van der Waals surface area contributed by atoms with Gasteiger partial charge in [0.25, 0.3) is 0 Å². The normalized spacial score (nSPS) is 17.3. The molecule has 168 valence electrons. The van der Waals surface area contributed by atoms with Crippen molar-refractivity contribution in [3.63, 3.8) is 0 Å². The van der Waals surface area contributed by atoms with Crippen molar-refractivity contribution < 1.29 is 27.2 Å². The lowest BCUT2D eigenvalue weighted by Crippen LogP contribution is -2.26. The summed E-state index contributed by atoms with van der Waals surface area (Å²) in [6.07, 6.45) is 4.04. The third-order valence-corrected chi connectivity index (χ3v) is 8.40. The van der Waals surface area contributed by atoms with Gasteiger partial charge in [0.2, 0.25) is 5.91 Å².